The number of amides is 2. The van der Waals surface area contributed by atoms with Crippen LogP contribution in [0, 0.1) is 13.8 Å². The molecule has 2 aliphatic heterocycles. The van der Waals surface area contributed by atoms with Crippen molar-refractivity contribution in [3.8, 4) is 0 Å². The van der Waals surface area contributed by atoms with E-state index >= 15 is 0 Å². The summed E-state index contributed by atoms with van der Waals surface area (Å²) in [6.07, 6.45) is 5.41. The van der Waals surface area contributed by atoms with Gasteiger partial charge in [-0.25, -0.2) is 14.8 Å². The zero-order valence-corrected chi connectivity index (χ0v) is 18.0. The SMILES string of the molecule is Cc1c[nH]c2nc(Nc3ccc(N4CC5(CCCNC5)OC4=O)cn3)nc(C)c12.NC=O. The molecule has 5 rings (SSSR count). The Morgan fingerprint density at radius 3 is 2.81 bits per heavy atom. The van der Waals surface area contributed by atoms with Gasteiger partial charge in [-0.05, 0) is 50.9 Å². The highest BCUT2D eigenvalue weighted by Crippen LogP contribution is 2.32. The van der Waals surface area contributed by atoms with E-state index in [4.69, 9.17) is 9.53 Å². The molecule has 3 aromatic rings. The highest BCUT2D eigenvalue weighted by Gasteiger charge is 2.46. The second-order valence-corrected chi connectivity index (χ2v) is 7.91. The van der Waals surface area contributed by atoms with Crippen molar-refractivity contribution in [3.63, 3.8) is 0 Å². The molecule has 11 nitrogen and oxygen atoms in total. The van der Waals surface area contributed by atoms with Crippen LogP contribution in [0.4, 0.5) is 22.2 Å². The van der Waals surface area contributed by atoms with Crippen LogP contribution < -0.4 is 21.3 Å². The van der Waals surface area contributed by atoms with Gasteiger partial charge in [-0.15, -0.1) is 0 Å². The molecule has 2 aliphatic rings. The van der Waals surface area contributed by atoms with Gasteiger partial charge in [-0.3, -0.25) is 9.69 Å². The van der Waals surface area contributed by atoms with Crippen LogP contribution in [-0.2, 0) is 9.53 Å². The average molecular weight is 438 g/mol. The predicted molar refractivity (Wildman–Crippen MR) is 120 cm³/mol. The van der Waals surface area contributed by atoms with Crippen LogP contribution in [0.3, 0.4) is 0 Å². The van der Waals surface area contributed by atoms with E-state index in [0.717, 1.165) is 47.4 Å². The number of nitrogens with zero attached hydrogens (tertiary/aromatic N) is 4. The summed E-state index contributed by atoms with van der Waals surface area (Å²) in [6.45, 7) is 6.19. The Bertz CT molecular complexity index is 1120. The molecular weight excluding hydrogens is 412 g/mol. The smallest absolute Gasteiger partial charge is 0.415 e. The first-order chi connectivity index (χ1) is 15.4. The van der Waals surface area contributed by atoms with Crippen molar-refractivity contribution in [2.45, 2.75) is 32.3 Å². The molecule has 5 N–H and O–H groups in total. The maximum Gasteiger partial charge on any atom is 0.415 e. The molecule has 0 aromatic carbocycles. The van der Waals surface area contributed by atoms with Gasteiger partial charge >= 0.3 is 6.09 Å². The van der Waals surface area contributed by atoms with Gasteiger partial charge in [0, 0.05) is 18.1 Å². The number of fused-ring (bicyclic) bond motifs is 1. The molecule has 2 saturated heterocycles. The zero-order valence-electron chi connectivity index (χ0n) is 18.0. The summed E-state index contributed by atoms with van der Waals surface area (Å²) in [5, 5.41) is 7.49. The highest BCUT2D eigenvalue weighted by molar-refractivity contribution is 5.90. The van der Waals surface area contributed by atoms with Crippen LogP contribution in [0.25, 0.3) is 11.0 Å². The number of aryl methyl sites for hydroxylation is 2. The number of aromatic nitrogens is 4. The Kier molecular flexibility index (Phi) is 5.91. The van der Waals surface area contributed by atoms with Crippen LogP contribution in [0.2, 0.25) is 0 Å². The topological polar surface area (TPSA) is 151 Å². The van der Waals surface area contributed by atoms with E-state index in [0.29, 0.717) is 24.9 Å². The molecule has 1 unspecified atom stereocenters. The van der Waals surface area contributed by atoms with Crippen molar-refractivity contribution in [1.82, 2.24) is 25.3 Å². The minimum Gasteiger partial charge on any atom is -0.439 e. The summed E-state index contributed by atoms with van der Waals surface area (Å²) >= 11 is 0. The summed E-state index contributed by atoms with van der Waals surface area (Å²) < 4.78 is 5.70. The largest absolute Gasteiger partial charge is 0.439 e. The summed E-state index contributed by atoms with van der Waals surface area (Å²) in [4.78, 5) is 39.3. The van der Waals surface area contributed by atoms with Crippen LogP contribution in [-0.4, -0.2) is 57.7 Å². The number of rotatable bonds is 3. The van der Waals surface area contributed by atoms with Gasteiger partial charge in [0.15, 0.2) is 0 Å². The summed E-state index contributed by atoms with van der Waals surface area (Å²) in [5.74, 6) is 1.09. The van der Waals surface area contributed by atoms with Gasteiger partial charge < -0.3 is 26.1 Å². The number of piperidine rings is 1. The number of hydrogen-bond acceptors (Lipinski definition) is 8. The maximum absolute atomic E-state index is 12.4. The van der Waals surface area contributed by atoms with Gasteiger partial charge in [0.25, 0.3) is 0 Å². The van der Waals surface area contributed by atoms with E-state index in [1.807, 2.05) is 32.2 Å². The number of H-pyrrole nitrogens is 1. The van der Waals surface area contributed by atoms with Gasteiger partial charge in [0.1, 0.15) is 17.1 Å². The highest BCUT2D eigenvalue weighted by atomic mass is 16.6. The molecule has 0 saturated carbocycles. The van der Waals surface area contributed by atoms with Crippen LogP contribution in [0.15, 0.2) is 24.5 Å². The molecule has 0 bridgehead atoms. The third-order valence-electron chi connectivity index (χ3n) is 5.61. The Hall–Kier alpha value is -3.73. The average Bonchev–Trinajstić information content (AvgIpc) is 3.29. The van der Waals surface area contributed by atoms with Crippen molar-refractivity contribution in [3.05, 3.63) is 35.8 Å². The number of hydrogen-bond donors (Lipinski definition) is 4. The zero-order chi connectivity index (χ0) is 22.7. The first kappa shape index (κ1) is 21.5. The van der Waals surface area contributed by atoms with Gasteiger partial charge in [-0.2, -0.15) is 4.98 Å². The van der Waals surface area contributed by atoms with Crippen molar-refractivity contribution in [1.29, 1.82) is 0 Å². The first-order valence-corrected chi connectivity index (χ1v) is 10.4. The Morgan fingerprint density at radius 1 is 1.31 bits per heavy atom. The predicted octanol–water partition coefficient (Wildman–Crippen LogP) is 1.89. The molecule has 5 heterocycles. The number of nitrogens with two attached hydrogens (primary N) is 1. The van der Waals surface area contributed by atoms with E-state index < -0.39 is 5.60 Å². The van der Waals surface area contributed by atoms with Gasteiger partial charge in [0.05, 0.1) is 24.1 Å². The normalized spacial score (nSPS) is 20.1. The minimum atomic E-state index is -0.429. The van der Waals surface area contributed by atoms with Crippen molar-refractivity contribution >= 4 is 41.0 Å². The summed E-state index contributed by atoms with van der Waals surface area (Å²) in [6, 6.07) is 3.67. The molecule has 168 valence electrons. The van der Waals surface area contributed by atoms with Crippen LogP contribution in [0.5, 0.6) is 0 Å². The lowest BCUT2D eigenvalue weighted by molar-refractivity contribution is -0.106. The number of pyridine rings is 1. The standard InChI is InChI=1S/C20H23N7O2.CH3NO/c1-12-8-23-17-16(12)13(2)24-18(26-17)25-15-5-4-14(9-22-15)27-11-20(29-19(27)28)6-3-7-21-10-20;2-1-3/h4-5,8-9,21H,3,6-7,10-11H2,1-2H3,(H2,22,23,24,25,26);1H,(H2,2,3). The number of aromatic amines is 1. The Labute approximate surface area is 184 Å². The molecule has 1 spiro atoms. The second kappa shape index (κ2) is 8.79. The third-order valence-corrected chi connectivity index (χ3v) is 5.61. The van der Waals surface area contributed by atoms with Crippen molar-refractivity contribution < 1.29 is 14.3 Å². The number of carbonyl (C=O) groups is 2. The number of ether oxygens (including phenoxy) is 1. The summed E-state index contributed by atoms with van der Waals surface area (Å²) in [7, 11) is 0. The lowest BCUT2D eigenvalue weighted by Crippen LogP contribution is -2.48. The maximum atomic E-state index is 12.4. The van der Waals surface area contributed by atoms with Gasteiger partial charge in [0.2, 0.25) is 12.4 Å². The van der Waals surface area contributed by atoms with Crippen LogP contribution in [0.1, 0.15) is 24.1 Å². The van der Waals surface area contributed by atoms with Crippen molar-refractivity contribution in [2.75, 3.05) is 29.9 Å². The number of carbonyl (C=O) groups excluding carboxylic acids is 2. The molecule has 1 atom stereocenters. The molecule has 3 aromatic heterocycles. The number of nitrogens with one attached hydrogen (secondary N) is 3. The van der Waals surface area contributed by atoms with E-state index in [1.54, 1.807) is 11.1 Å². The lowest BCUT2D eigenvalue weighted by Gasteiger charge is -2.31. The quantitative estimate of drug-likeness (QED) is 0.453. The lowest BCUT2D eigenvalue weighted by atomic mass is 9.94. The van der Waals surface area contributed by atoms with Crippen LogP contribution >= 0.6 is 0 Å². The fraction of sp³-hybridized carbons (Fsp3) is 0.381. The molecule has 11 heteroatoms. The molecule has 2 fully saturated rings. The first-order valence-electron chi connectivity index (χ1n) is 10.4. The van der Waals surface area contributed by atoms with E-state index in [-0.39, 0.29) is 12.5 Å². The number of primary amides is 1. The third kappa shape index (κ3) is 4.19. The monoisotopic (exact) mass is 438 g/mol. The molecular formula is C21H26N8O3. The fourth-order valence-corrected chi connectivity index (χ4v) is 4.17. The van der Waals surface area contributed by atoms with Crippen molar-refractivity contribution in [2.24, 2.45) is 5.73 Å². The minimum absolute atomic E-state index is 0.250. The molecule has 2 amide bonds. The van der Waals surface area contributed by atoms with Gasteiger partial charge in [-0.1, -0.05) is 0 Å². The molecule has 0 radical (unpaired) electrons. The number of anilines is 3. The Balaban J connectivity index is 0.000000775. The molecule has 0 aliphatic carbocycles. The van der Waals surface area contributed by atoms with E-state index in [9.17, 15) is 4.79 Å². The summed E-state index contributed by atoms with van der Waals surface area (Å²) in [5.41, 5.74) is 7.27. The van der Waals surface area contributed by atoms with E-state index in [1.165, 1.54) is 0 Å². The fourth-order valence-electron chi connectivity index (χ4n) is 4.17. The van der Waals surface area contributed by atoms with E-state index in [2.05, 4.69) is 36.3 Å². The Morgan fingerprint density at radius 2 is 2.12 bits per heavy atom. The second-order valence-electron chi connectivity index (χ2n) is 7.91. The molecule has 32 heavy (non-hydrogen) atoms.